The molecule has 1 aliphatic rings. The van der Waals surface area contributed by atoms with Gasteiger partial charge in [0.05, 0.1) is 35.6 Å². The van der Waals surface area contributed by atoms with Gasteiger partial charge in [0.15, 0.2) is 0 Å². The van der Waals surface area contributed by atoms with Crippen molar-refractivity contribution in [3.63, 3.8) is 0 Å². The molecule has 4 rings (SSSR count). The Hall–Kier alpha value is -2.76. The first-order valence-corrected chi connectivity index (χ1v) is 11.3. The summed E-state index contributed by atoms with van der Waals surface area (Å²) in [6.07, 6.45) is 0. The predicted molar refractivity (Wildman–Crippen MR) is 125 cm³/mol. The van der Waals surface area contributed by atoms with E-state index >= 15 is 0 Å². The van der Waals surface area contributed by atoms with Gasteiger partial charge in [-0.05, 0) is 23.3 Å². The van der Waals surface area contributed by atoms with Gasteiger partial charge >= 0.3 is 0 Å². The topological polar surface area (TPSA) is 41.6 Å². The van der Waals surface area contributed by atoms with Crippen LogP contribution in [0.4, 0.5) is 11.4 Å². The molecule has 0 atom stereocenters. The minimum atomic E-state index is 0.0116. The fourth-order valence-electron chi connectivity index (χ4n) is 3.65. The molecule has 0 unspecified atom stereocenters. The Balaban J connectivity index is 1.45. The van der Waals surface area contributed by atoms with Gasteiger partial charge in [0, 0.05) is 13.1 Å². The summed E-state index contributed by atoms with van der Waals surface area (Å²) < 4.78 is 5.46. The molecule has 1 heterocycles. The van der Waals surface area contributed by atoms with E-state index in [9.17, 15) is 4.79 Å². The summed E-state index contributed by atoms with van der Waals surface area (Å²) in [4.78, 5) is 15.1. The van der Waals surface area contributed by atoms with Crippen molar-refractivity contribution < 1.29 is 9.53 Å². The van der Waals surface area contributed by atoms with Crippen LogP contribution >= 0.6 is 11.8 Å². The van der Waals surface area contributed by atoms with Crippen molar-refractivity contribution in [1.29, 1.82) is 0 Å². The standard InChI is InChI=1S/C25H26N2O2S/c28-24(26-22-13-7-8-14-23(22)27-15-17-29-18-16-27)19-30-25(20-9-3-1-4-10-20)21-11-5-2-6-12-21/h1-14,25H,15-19H2,(H,26,28). The number of amides is 1. The van der Waals surface area contributed by atoms with Gasteiger partial charge in [-0.2, -0.15) is 0 Å². The van der Waals surface area contributed by atoms with E-state index < -0.39 is 0 Å². The van der Waals surface area contributed by atoms with Gasteiger partial charge in [0.2, 0.25) is 5.91 Å². The Morgan fingerprint density at radius 1 is 0.867 bits per heavy atom. The maximum Gasteiger partial charge on any atom is 0.234 e. The van der Waals surface area contributed by atoms with E-state index in [1.165, 1.54) is 11.1 Å². The minimum Gasteiger partial charge on any atom is -0.378 e. The maximum atomic E-state index is 12.8. The van der Waals surface area contributed by atoms with E-state index in [0.717, 1.165) is 24.5 Å². The lowest BCUT2D eigenvalue weighted by atomic mass is 10.0. The van der Waals surface area contributed by atoms with Crippen LogP contribution in [0, 0.1) is 0 Å². The normalized spacial score (nSPS) is 14.0. The molecule has 3 aromatic rings. The Morgan fingerprint density at radius 2 is 1.43 bits per heavy atom. The first kappa shape index (κ1) is 20.5. The second-order valence-corrected chi connectivity index (χ2v) is 8.27. The number of ether oxygens (including phenoxy) is 1. The van der Waals surface area contributed by atoms with Crippen molar-refractivity contribution in [2.45, 2.75) is 5.25 Å². The van der Waals surface area contributed by atoms with Crippen LogP contribution in [0.1, 0.15) is 16.4 Å². The van der Waals surface area contributed by atoms with Crippen LogP contribution in [0.2, 0.25) is 0 Å². The number of morpholine rings is 1. The number of rotatable bonds is 7. The van der Waals surface area contributed by atoms with Crippen LogP contribution in [-0.2, 0) is 9.53 Å². The van der Waals surface area contributed by atoms with E-state index in [-0.39, 0.29) is 11.2 Å². The summed E-state index contributed by atoms with van der Waals surface area (Å²) in [7, 11) is 0. The first-order chi connectivity index (χ1) is 14.8. The molecule has 1 amide bonds. The van der Waals surface area contributed by atoms with Crippen molar-refractivity contribution >= 4 is 29.0 Å². The summed E-state index contributed by atoms with van der Waals surface area (Å²) >= 11 is 1.65. The number of carbonyl (C=O) groups excluding carboxylic acids is 1. The molecule has 3 aromatic carbocycles. The average molecular weight is 419 g/mol. The molecule has 0 bridgehead atoms. The lowest BCUT2D eigenvalue weighted by Gasteiger charge is -2.30. The van der Waals surface area contributed by atoms with Gasteiger partial charge in [-0.25, -0.2) is 0 Å². The molecule has 0 aliphatic carbocycles. The molecule has 4 nitrogen and oxygen atoms in total. The number of hydrogen-bond acceptors (Lipinski definition) is 4. The lowest BCUT2D eigenvalue weighted by molar-refractivity contribution is -0.113. The molecule has 154 valence electrons. The van der Waals surface area contributed by atoms with Crippen molar-refractivity contribution in [2.75, 3.05) is 42.3 Å². The van der Waals surface area contributed by atoms with Crippen LogP contribution in [0.15, 0.2) is 84.9 Å². The van der Waals surface area contributed by atoms with Crippen molar-refractivity contribution in [3.8, 4) is 0 Å². The Labute approximate surface area is 182 Å². The maximum absolute atomic E-state index is 12.8. The third kappa shape index (κ3) is 5.23. The molecule has 0 saturated carbocycles. The van der Waals surface area contributed by atoms with Crippen LogP contribution in [-0.4, -0.2) is 38.0 Å². The average Bonchev–Trinajstić information content (AvgIpc) is 2.81. The molecule has 0 radical (unpaired) electrons. The molecule has 5 heteroatoms. The number of nitrogens with zero attached hydrogens (tertiary/aromatic N) is 1. The molecule has 0 aromatic heterocycles. The number of nitrogens with one attached hydrogen (secondary N) is 1. The second kappa shape index (κ2) is 10.3. The van der Waals surface area contributed by atoms with Gasteiger partial charge in [-0.3, -0.25) is 4.79 Å². The van der Waals surface area contributed by atoms with Crippen molar-refractivity contribution in [1.82, 2.24) is 0 Å². The minimum absolute atomic E-state index is 0.0116. The van der Waals surface area contributed by atoms with Gasteiger partial charge in [-0.15, -0.1) is 11.8 Å². The van der Waals surface area contributed by atoms with Crippen molar-refractivity contribution in [2.24, 2.45) is 0 Å². The number of thioether (sulfide) groups is 1. The Bertz CT molecular complexity index is 904. The number of carbonyl (C=O) groups is 1. The summed E-state index contributed by atoms with van der Waals surface area (Å²) in [5, 5.41) is 3.24. The fourth-order valence-corrected chi connectivity index (χ4v) is 4.73. The van der Waals surface area contributed by atoms with E-state index in [1.54, 1.807) is 11.8 Å². The molecule has 30 heavy (non-hydrogen) atoms. The highest BCUT2D eigenvalue weighted by Gasteiger charge is 2.18. The van der Waals surface area contributed by atoms with Crippen LogP contribution < -0.4 is 10.2 Å². The zero-order chi connectivity index (χ0) is 20.6. The zero-order valence-electron chi connectivity index (χ0n) is 16.9. The Morgan fingerprint density at radius 3 is 2.07 bits per heavy atom. The number of anilines is 2. The summed E-state index contributed by atoms with van der Waals surface area (Å²) in [6, 6.07) is 28.7. The molecular weight excluding hydrogens is 392 g/mol. The quantitative estimate of drug-likeness (QED) is 0.587. The van der Waals surface area contributed by atoms with E-state index in [4.69, 9.17) is 4.74 Å². The monoisotopic (exact) mass is 418 g/mol. The largest absolute Gasteiger partial charge is 0.378 e. The number of hydrogen-bond donors (Lipinski definition) is 1. The van der Waals surface area contributed by atoms with Gasteiger partial charge in [0.1, 0.15) is 0 Å². The van der Waals surface area contributed by atoms with Crippen LogP contribution in [0.3, 0.4) is 0 Å². The lowest BCUT2D eigenvalue weighted by Crippen LogP contribution is -2.36. The van der Waals surface area contributed by atoms with E-state index in [1.807, 2.05) is 54.6 Å². The van der Waals surface area contributed by atoms with Crippen LogP contribution in [0.5, 0.6) is 0 Å². The molecule has 1 N–H and O–H groups in total. The summed E-state index contributed by atoms with van der Waals surface area (Å²) in [5.41, 5.74) is 4.33. The summed E-state index contributed by atoms with van der Waals surface area (Å²) in [5.74, 6) is 0.392. The van der Waals surface area contributed by atoms with Gasteiger partial charge in [0.25, 0.3) is 0 Å². The zero-order valence-corrected chi connectivity index (χ0v) is 17.7. The summed E-state index contributed by atoms with van der Waals surface area (Å²) in [6.45, 7) is 3.11. The fraction of sp³-hybridized carbons (Fsp3) is 0.240. The first-order valence-electron chi connectivity index (χ1n) is 10.2. The van der Waals surface area contributed by atoms with Gasteiger partial charge in [-0.1, -0.05) is 72.8 Å². The number of para-hydroxylation sites is 2. The molecular formula is C25H26N2O2S. The smallest absolute Gasteiger partial charge is 0.234 e. The highest BCUT2D eigenvalue weighted by atomic mass is 32.2. The third-order valence-electron chi connectivity index (χ3n) is 5.12. The highest BCUT2D eigenvalue weighted by Crippen LogP contribution is 2.35. The highest BCUT2D eigenvalue weighted by molar-refractivity contribution is 8.00. The van der Waals surface area contributed by atoms with Crippen molar-refractivity contribution in [3.05, 3.63) is 96.1 Å². The second-order valence-electron chi connectivity index (χ2n) is 7.18. The predicted octanol–water partition coefficient (Wildman–Crippen LogP) is 4.98. The molecule has 1 aliphatic heterocycles. The van der Waals surface area contributed by atoms with Crippen LogP contribution in [0.25, 0.3) is 0 Å². The molecule has 0 spiro atoms. The van der Waals surface area contributed by atoms with Gasteiger partial charge < -0.3 is 15.0 Å². The SMILES string of the molecule is O=C(CSC(c1ccccc1)c1ccccc1)Nc1ccccc1N1CCOCC1. The Kier molecular flexibility index (Phi) is 7.06. The number of benzene rings is 3. The molecule has 1 saturated heterocycles. The molecule has 1 fully saturated rings. The van der Waals surface area contributed by atoms with E-state index in [0.29, 0.717) is 19.0 Å². The third-order valence-corrected chi connectivity index (χ3v) is 6.42. The van der Waals surface area contributed by atoms with E-state index in [2.05, 4.69) is 40.5 Å².